The zero-order chi connectivity index (χ0) is 11.7. The Balaban J connectivity index is 2.58. The van der Waals surface area contributed by atoms with Crippen LogP contribution in [0.5, 0.6) is 11.5 Å². The van der Waals surface area contributed by atoms with Gasteiger partial charge in [-0.2, -0.15) is 0 Å². The van der Waals surface area contributed by atoms with Crippen LogP contribution in [0, 0.1) is 11.6 Å². The number of aromatic hydroxyl groups is 2. The van der Waals surface area contributed by atoms with E-state index in [0.29, 0.717) is 0 Å². The fraction of sp³-hybridized carbons (Fsp3) is 0. The van der Waals surface area contributed by atoms with Crippen molar-refractivity contribution in [1.82, 2.24) is 0 Å². The van der Waals surface area contributed by atoms with Crippen LogP contribution in [0.25, 0.3) is 11.1 Å². The van der Waals surface area contributed by atoms with Gasteiger partial charge in [0.2, 0.25) is 0 Å². The van der Waals surface area contributed by atoms with Crippen molar-refractivity contribution in [3.05, 3.63) is 48.0 Å². The first-order chi connectivity index (χ1) is 7.58. The number of hydrogen-bond donors (Lipinski definition) is 2. The maximum Gasteiger partial charge on any atom is 0.165 e. The molecular weight excluding hydrogens is 214 g/mol. The predicted molar refractivity (Wildman–Crippen MR) is 55.1 cm³/mol. The molecule has 0 spiro atoms. The summed E-state index contributed by atoms with van der Waals surface area (Å²) in [6, 6.07) is 7.00. The van der Waals surface area contributed by atoms with Crippen molar-refractivity contribution in [2.45, 2.75) is 0 Å². The van der Waals surface area contributed by atoms with Crippen molar-refractivity contribution in [3.8, 4) is 22.6 Å². The van der Waals surface area contributed by atoms with Gasteiger partial charge >= 0.3 is 0 Å². The predicted octanol–water partition coefficient (Wildman–Crippen LogP) is 3.04. The third-order valence-corrected chi connectivity index (χ3v) is 2.21. The first kappa shape index (κ1) is 10.4. The average molecular weight is 222 g/mol. The molecule has 0 saturated heterocycles. The summed E-state index contributed by atoms with van der Waals surface area (Å²) >= 11 is 0. The molecule has 0 atom stereocenters. The SMILES string of the molecule is Oc1ccc(F)c(-c2ccc(O)c(F)c2)c1. The van der Waals surface area contributed by atoms with Crippen molar-refractivity contribution >= 4 is 0 Å². The maximum absolute atomic E-state index is 13.4. The zero-order valence-corrected chi connectivity index (χ0v) is 8.11. The fourth-order valence-corrected chi connectivity index (χ4v) is 1.41. The second-order valence-electron chi connectivity index (χ2n) is 3.33. The Morgan fingerprint density at radius 1 is 0.812 bits per heavy atom. The summed E-state index contributed by atoms with van der Waals surface area (Å²) in [7, 11) is 0. The van der Waals surface area contributed by atoms with Crippen molar-refractivity contribution in [2.24, 2.45) is 0 Å². The molecule has 2 nitrogen and oxygen atoms in total. The highest BCUT2D eigenvalue weighted by atomic mass is 19.1. The van der Waals surface area contributed by atoms with Gasteiger partial charge in [0, 0.05) is 5.56 Å². The smallest absolute Gasteiger partial charge is 0.165 e. The van der Waals surface area contributed by atoms with Gasteiger partial charge in [-0.3, -0.25) is 0 Å². The minimum Gasteiger partial charge on any atom is -0.508 e. The van der Waals surface area contributed by atoms with Gasteiger partial charge in [-0.05, 0) is 35.9 Å². The first-order valence-corrected chi connectivity index (χ1v) is 4.55. The van der Waals surface area contributed by atoms with Gasteiger partial charge in [-0.25, -0.2) is 8.78 Å². The molecule has 0 aliphatic carbocycles. The number of halogens is 2. The molecule has 4 heteroatoms. The zero-order valence-electron chi connectivity index (χ0n) is 8.11. The van der Waals surface area contributed by atoms with Crippen LogP contribution in [0.4, 0.5) is 8.78 Å². The van der Waals surface area contributed by atoms with Gasteiger partial charge in [0.15, 0.2) is 11.6 Å². The quantitative estimate of drug-likeness (QED) is 0.778. The molecule has 0 amide bonds. The lowest BCUT2D eigenvalue weighted by molar-refractivity contribution is 0.432. The van der Waals surface area contributed by atoms with Crippen LogP contribution in [0.15, 0.2) is 36.4 Å². The third kappa shape index (κ3) is 1.82. The normalized spacial score (nSPS) is 10.4. The van der Waals surface area contributed by atoms with E-state index in [2.05, 4.69) is 0 Å². The molecule has 2 aromatic rings. The van der Waals surface area contributed by atoms with E-state index in [9.17, 15) is 13.9 Å². The molecule has 2 N–H and O–H groups in total. The van der Waals surface area contributed by atoms with Crippen molar-refractivity contribution in [2.75, 3.05) is 0 Å². The Kier molecular flexibility index (Phi) is 2.48. The Morgan fingerprint density at radius 3 is 2.25 bits per heavy atom. The Bertz CT molecular complexity index is 539. The molecule has 2 aromatic carbocycles. The van der Waals surface area contributed by atoms with Gasteiger partial charge in [0.05, 0.1) is 0 Å². The molecular formula is C12H8F2O2. The highest BCUT2D eigenvalue weighted by Gasteiger charge is 2.08. The summed E-state index contributed by atoms with van der Waals surface area (Å²) in [5.41, 5.74) is 0.336. The first-order valence-electron chi connectivity index (χ1n) is 4.55. The van der Waals surface area contributed by atoms with E-state index in [1.165, 1.54) is 18.2 Å². The van der Waals surface area contributed by atoms with Gasteiger partial charge in [-0.1, -0.05) is 6.07 Å². The summed E-state index contributed by atoms with van der Waals surface area (Å²) < 4.78 is 26.5. The summed E-state index contributed by atoms with van der Waals surface area (Å²) in [5, 5.41) is 18.2. The second-order valence-corrected chi connectivity index (χ2v) is 3.33. The Hall–Kier alpha value is -2.10. The van der Waals surface area contributed by atoms with E-state index in [4.69, 9.17) is 5.11 Å². The summed E-state index contributed by atoms with van der Waals surface area (Å²) in [6.45, 7) is 0. The number of benzene rings is 2. The van der Waals surface area contributed by atoms with Crippen LogP contribution in [0.3, 0.4) is 0 Å². The minimum atomic E-state index is -0.833. The van der Waals surface area contributed by atoms with Crippen molar-refractivity contribution < 1.29 is 19.0 Å². The van der Waals surface area contributed by atoms with E-state index in [0.717, 1.165) is 18.2 Å². The molecule has 0 aliphatic rings. The molecule has 2 rings (SSSR count). The van der Waals surface area contributed by atoms with Crippen LogP contribution in [-0.4, -0.2) is 10.2 Å². The molecule has 0 radical (unpaired) electrons. The molecule has 0 aromatic heterocycles. The van der Waals surface area contributed by atoms with Crippen LogP contribution < -0.4 is 0 Å². The molecule has 0 bridgehead atoms. The van der Waals surface area contributed by atoms with Crippen LogP contribution >= 0.6 is 0 Å². The molecule has 82 valence electrons. The van der Waals surface area contributed by atoms with Gasteiger partial charge in [-0.15, -0.1) is 0 Å². The van der Waals surface area contributed by atoms with Crippen LogP contribution in [-0.2, 0) is 0 Å². The monoisotopic (exact) mass is 222 g/mol. The average Bonchev–Trinajstić information content (AvgIpc) is 2.26. The second kappa shape index (κ2) is 3.81. The highest BCUT2D eigenvalue weighted by Crippen LogP contribution is 2.29. The molecule has 0 saturated carbocycles. The summed E-state index contributed by atoms with van der Waals surface area (Å²) in [6.07, 6.45) is 0. The van der Waals surface area contributed by atoms with Crippen molar-refractivity contribution in [1.29, 1.82) is 0 Å². The van der Waals surface area contributed by atoms with Gasteiger partial charge < -0.3 is 10.2 Å². The van der Waals surface area contributed by atoms with Crippen LogP contribution in [0.1, 0.15) is 0 Å². The van der Waals surface area contributed by atoms with Crippen molar-refractivity contribution in [3.63, 3.8) is 0 Å². The number of phenols is 2. The molecule has 0 fully saturated rings. The Morgan fingerprint density at radius 2 is 1.56 bits per heavy atom. The summed E-state index contributed by atoms with van der Waals surface area (Å²) in [5.74, 6) is -2.00. The Labute approximate surface area is 90.4 Å². The number of hydrogen-bond acceptors (Lipinski definition) is 2. The van der Waals surface area contributed by atoms with E-state index in [1.54, 1.807) is 0 Å². The lowest BCUT2D eigenvalue weighted by atomic mass is 10.0. The minimum absolute atomic E-state index is 0.0823. The highest BCUT2D eigenvalue weighted by molar-refractivity contribution is 5.66. The molecule has 16 heavy (non-hydrogen) atoms. The van der Waals surface area contributed by atoms with E-state index < -0.39 is 17.4 Å². The van der Waals surface area contributed by atoms with Gasteiger partial charge in [0.25, 0.3) is 0 Å². The lowest BCUT2D eigenvalue weighted by Crippen LogP contribution is -1.85. The summed E-state index contributed by atoms with van der Waals surface area (Å²) in [4.78, 5) is 0. The van der Waals surface area contributed by atoms with Gasteiger partial charge in [0.1, 0.15) is 11.6 Å². The molecule has 0 heterocycles. The molecule has 0 unspecified atom stereocenters. The molecule has 0 aliphatic heterocycles. The lowest BCUT2D eigenvalue weighted by Gasteiger charge is -2.05. The largest absolute Gasteiger partial charge is 0.508 e. The van der Waals surface area contributed by atoms with E-state index in [1.807, 2.05) is 0 Å². The van der Waals surface area contributed by atoms with E-state index in [-0.39, 0.29) is 16.9 Å². The standard InChI is InChI=1S/C12H8F2O2/c13-10-3-2-8(15)6-9(10)7-1-4-12(16)11(14)5-7/h1-6,15-16H. The number of rotatable bonds is 1. The van der Waals surface area contributed by atoms with E-state index >= 15 is 0 Å². The maximum atomic E-state index is 13.4. The third-order valence-electron chi connectivity index (χ3n) is 2.21. The van der Waals surface area contributed by atoms with Crippen LogP contribution in [0.2, 0.25) is 0 Å². The number of phenolic OH excluding ortho intramolecular Hbond substituents is 2. The fourth-order valence-electron chi connectivity index (χ4n) is 1.41. The topological polar surface area (TPSA) is 40.5 Å².